The Morgan fingerprint density at radius 1 is 1.05 bits per heavy atom. The summed E-state index contributed by atoms with van der Waals surface area (Å²) in [6.07, 6.45) is 3.50. The van der Waals surface area contributed by atoms with Crippen LogP contribution >= 0.6 is 0 Å². The molecule has 5 heteroatoms. The lowest BCUT2D eigenvalue weighted by molar-refractivity contribution is -0.137. The number of rotatable bonds is 9. The summed E-state index contributed by atoms with van der Waals surface area (Å²) < 4.78 is 0. The highest BCUT2D eigenvalue weighted by atomic mass is 16.4. The van der Waals surface area contributed by atoms with Crippen LogP contribution in [0.1, 0.15) is 59.8 Å². The fourth-order valence-corrected chi connectivity index (χ4v) is 1.89. The van der Waals surface area contributed by atoms with E-state index in [9.17, 15) is 9.59 Å². The molecule has 0 aliphatic rings. The van der Waals surface area contributed by atoms with Crippen molar-refractivity contribution >= 4 is 12.0 Å². The number of amides is 2. The van der Waals surface area contributed by atoms with Gasteiger partial charge in [0.25, 0.3) is 0 Å². The standard InChI is InChI=1S/C14H28N2O3/c1-5-6-12(9-13(17)18)16-14(19)15-11(4)8-7-10(2)3/h10-12H,5-9H2,1-4H3,(H,17,18)(H2,15,16,19). The quantitative estimate of drug-likeness (QED) is 0.604. The van der Waals surface area contributed by atoms with Gasteiger partial charge < -0.3 is 15.7 Å². The Labute approximate surface area is 116 Å². The lowest BCUT2D eigenvalue weighted by atomic mass is 10.0. The SMILES string of the molecule is CCCC(CC(=O)O)NC(=O)NC(C)CCC(C)C. The zero-order valence-corrected chi connectivity index (χ0v) is 12.5. The molecule has 3 N–H and O–H groups in total. The van der Waals surface area contributed by atoms with Crippen LogP contribution in [0.3, 0.4) is 0 Å². The minimum absolute atomic E-state index is 0.0262. The van der Waals surface area contributed by atoms with E-state index < -0.39 is 5.97 Å². The second-order valence-corrected chi connectivity index (χ2v) is 5.57. The van der Waals surface area contributed by atoms with E-state index in [0.717, 1.165) is 19.3 Å². The molecule has 2 unspecified atom stereocenters. The third kappa shape index (κ3) is 10.4. The van der Waals surface area contributed by atoms with Crippen molar-refractivity contribution in [3.05, 3.63) is 0 Å². The van der Waals surface area contributed by atoms with Crippen LogP contribution in [0.15, 0.2) is 0 Å². The molecule has 0 spiro atoms. The average Bonchev–Trinajstić information content (AvgIpc) is 2.25. The van der Waals surface area contributed by atoms with Gasteiger partial charge in [0.05, 0.1) is 6.42 Å². The highest BCUT2D eigenvalue weighted by molar-refractivity contribution is 5.75. The van der Waals surface area contributed by atoms with Gasteiger partial charge in [-0.25, -0.2) is 4.79 Å². The molecule has 2 atom stereocenters. The monoisotopic (exact) mass is 272 g/mol. The molecule has 0 aliphatic carbocycles. The van der Waals surface area contributed by atoms with Gasteiger partial charge in [-0.3, -0.25) is 4.79 Å². The predicted octanol–water partition coefficient (Wildman–Crippen LogP) is 2.75. The van der Waals surface area contributed by atoms with E-state index in [-0.39, 0.29) is 24.5 Å². The highest BCUT2D eigenvalue weighted by Crippen LogP contribution is 2.06. The number of carbonyl (C=O) groups is 2. The Hall–Kier alpha value is -1.26. The lowest BCUT2D eigenvalue weighted by Gasteiger charge is -2.20. The summed E-state index contributed by atoms with van der Waals surface area (Å²) in [6, 6.07) is -0.453. The van der Waals surface area contributed by atoms with Gasteiger partial charge in [-0.2, -0.15) is 0 Å². The Morgan fingerprint density at radius 2 is 1.68 bits per heavy atom. The molecular weight excluding hydrogens is 244 g/mol. The van der Waals surface area contributed by atoms with Gasteiger partial charge >= 0.3 is 12.0 Å². The van der Waals surface area contributed by atoms with E-state index in [4.69, 9.17) is 5.11 Å². The van der Waals surface area contributed by atoms with Crippen molar-refractivity contribution in [1.82, 2.24) is 10.6 Å². The summed E-state index contributed by atoms with van der Waals surface area (Å²) in [5.74, 6) is -0.265. The molecule has 19 heavy (non-hydrogen) atoms. The molecule has 0 aromatic heterocycles. The number of carboxylic acid groups (broad SMARTS) is 1. The summed E-state index contributed by atoms with van der Waals surface area (Å²) in [4.78, 5) is 22.4. The largest absolute Gasteiger partial charge is 0.481 e. The van der Waals surface area contributed by atoms with E-state index in [1.807, 2.05) is 13.8 Å². The molecule has 0 aromatic carbocycles. The molecule has 0 aliphatic heterocycles. The van der Waals surface area contributed by atoms with Crippen LogP contribution in [-0.2, 0) is 4.79 Å². The Morgan fingerprint density at radius 3 is 2.16 bits per heavy atom. The maximum absolute atomic E-state index is 11.7. The Balaban J connectivity index is 4.06. The first-order valence-corrected chi connectivity index (χ1v) is 7.13. The van der Waals surface area contributed by atoms with Gasteiger partial charge in [0.1, 0.15) is 0 Å². The van der Waals surface area contributed by atoms with Gasteiger partial charge in [0.2, 0.25) is 0 Å². The van der Waals surface area contributed by atoms with Gasteiger partial charge in [0, 0.05) is 12.1 Å². The minimum Gasteiger partial charge on any atom is -0.481 e. The van der Waals surface area contributed by atoms with Gasteiger partial charge in [-0.1, -0.05) is 27.2 Å². The number of urea groups is 1. The zero-order valence-electron chi connectivity index (χ0n) is 12.5. The van der Waals surface area contributed by atoms with E-state index in [0.29, 0.717) is 12.3 Å². The second kappa shape index (κ2) is 9.64. The lowest BCUT2D eigenvalue weighted by Crippen LogP contribution is -2.46. The first-order valence-electron chi connectivity index (χ1n) is 7.13. The van der Waals surface area contributed by atoms with Crippen molar-refractivity contribution < 1.29 is 14.7 Å². The molecule has 0 saturated carbocycles. The molecule has 0 heterocycles. The van der Waals surface area contributed by atoms with Crippen LogP contribution in [0.5, 0.6) is 0 Å². The van der Waals surface area contributed by atoms with Crippen LogP contribution in [0, 0.1) is 5.92 Å². The van der Waals surface area contributed by atoms with Crippen molar-refractivity contribution in [1.29, 1.82) is 0 Å². The molecule has 2 amide bonds. The summed E-state index contributed by atoms with van der Waals surface area (Å²) in [5.41, 5.74) is 0. The van der Waals surface area contributed by atoms with E-state index in [1.54, 1.807) is 0 Å². The predicted molar refractivity (Wildman–Crippen MR) is 76.2 cm³/mol. The molecule has 5 nitrogen and oxygen atoms in total. The van der Waals surface area contributed by atoms with E-state index in [1.165, 1.54) is 0 Å². The van der Waals surface area contributed by atoms with Gasteiger partial charge in [-0.15, -0.1) is 0 Å². The summed E-state index contributed by atoms with van der Waals surface area (Å²) >= 11 is 0. The summed E-state index contributed by atoms with van der Waals surface area (Å²) in [6.45, 7) is 8.24. The first kappa shape index (κ1) is 17.7. The van der Waals surface area contributed by atoms with E-state index in [2.05, 4.69) is 24.5 Å². The second-order valence-electron chi connectivity index (χ2n) is 5.57. The number of nitrogens with one attached hydrogen (secondary N) is 2. The molecule has 0 rings (SSSR count). The third-order valence-corrected chi connectivity index (χ3v) is 2.95. The fourth-order valence-electron chi connectivity index (χ4n) is 1.89. The molecule has 0 aromatic rings. The molecule has 0 fully saturated rings. The number of carboxylic acids is 1. The van der Waals surface area contributed by atoms with Crippen LogP contribution in [0.25, 0.3) is 0 Å². The summed E-state index contributed by atoms with van der Waals surface area (Å²) in [5, 5.41) is 14.4. The third-order valence-electron chi connectivity index (χ3n) is 2.95. The van der Waals surface area contributed by atoms with Crippen LogP contribution < -0.4 is 10.6 Å². The Kier molecular flexibility index (Phi) is 9.00. The van der Waals surface area contributed by atoms with Crippen molar-refractivity contribution in [2.75, 3.05) is 0 Å². The maximum Gasteiger partial charge on any atom is 0.315 e. The van der Waals surface area contributed by atoms with Crippen LogP contribution in [0.4, 0.5) is 4.79 Å². The molecule has 0 radical (unpaired) electrons. The zero-order chi connectivity index (χ0) is 14.8. The highest BCUT2D eigenvalue weighted by Gasteiger charge is 2.16. The van der Waals surface area contributed by atoms with Crippen molar-refractivity contribution in [3.63, 3.8) is 0 Å². The molecule has 0 bridgehead atoms. The minimum atomic E-state index is -0.883. The van der Waals surface area contributed by atoms with Gasteiger partial charge in [0.15, 0.2) is 0 Å². The number of hydrogen-bond donors (Lipinski definition) is 3. The number of hydrogen-bond acceptors (Lipinski definition) is 2. The normalized spacial score (nSPS) is 13.9. The Bertz CT molecular complexity index is 280. The molecular formula is C14H28N2O3. The fraction of sp³-hybridized carbons (Fsp3) is 0.857. The number of carbonyl (C=O) groups excluding carboxylic acids is 1. The van der Waals surface area contributed by atoms with Crippen molar-refractivity contribution in [2.24, 2.45) is 5.92 Å². The molecule has 0 saturated heterocycles. The van der Waals surface area contributed by atoms with Crippen molar-refractivity contribution in [3.8, 4) is 0 Å². The molecule has 112 valence electrons. The van der Waals surface area contributed by atoms with Crippen molar-refractivity contribution in [2.45, 2.75) is 71.9 Å². The first-order chi connectivity index (χ1) is 8.85. The summed E-state index contributed by atoms with van der Waals surface area (Å²) in [7, 11) is 0. The maximum atomic E-state index is 11.7. The van der Waals surface area contributed by atoms with Gasteiger partial charge in [-0.05, 0) is 32.1 Å². The van der Waals surface area contributed by atoms with Crippen LogP contribution in [0.2, 0.25) is 0 Å². The average molecular weight is 272 g/mol. The topological polar surface area (TPSA) is 78.4 Å². The smallest absolute Gasteiger partial charge is 0.315 e. The van der Waals surface area contributed by atoms with Crippen LogP contribution in [-0.4, -0.2) is 29.2 Å². The number of aliphatic carboxylic acids is 1. The van der Waals surface area contributed by atoms with E-state index >= 15 is 0 Å².